The number of ether oxygens (including phenoxy) is 2. The third kappa shape index (κ3) is 3.14. The van der Waals surface area contributed by atoms with Gasteiger partial charge in [-0.05, 0) is 38.0 Å². The summed E-state index contributed by atoms with van der Waals surface area (Å²) in [6, 6.07) is 5.33. The molecule has 0 spiro atoms. The van der Waals surface area contributed by atoms with Crippen LogP contribution in [0.4, 0.5) is 0 Å². The van der Waals surface area contributed by atoms with Gasteiger partial charge < -0.3 is 14.6 Å². The number of hydrogen-bond donors (Lipinski definition) is 1. The molecule has 0 bridgehead atoms. The van der Waals surface area contributed by atoms with E-state index in [9.17, 15) is 5.11 Å². The molecule has 0 amide bonds. The first kappa shape index (κ1) is 12.8. The number of benzene rings is 1. The van der Waals surface area contributed by atoms with Crippen LogP contribution >= 0.6 is 0 Å². The van der Waals surface area contributed by atoms with E-state index in [1.165, 1.54) is 0 Å². The Kier molecular flexibility index (Phi) is 4.62. The zero-order valence-corrected chi connectivity index (χ0v) is 10.4. The number of methoxy groups -OCH3 is 1. The van der Waals surface area contributed by atoms with Gasteiger partial charge in [0.25, 0.3) is 0 Å². The lowest BCUT2D eigenvalue weighted by atomic mass is 10.1. The van der Waals surface area contributed by atoms with Crippen molar-refractivity contribution in [3.8, 4) is 11.5 Å². The highest BCUT2D eigenvalue weighted by atomic mass is 16.5. The van der Waals surface area contributed by atoms with Crippen LogP contribution in [0.15, 0.2) is 18.2 Å². The molecule has 0 aliphatic heterocycles. The summed E-state index contributed by atoms with van der Waals surface area (Å²) in [6.07, 6.45) is 1.13. The Bertz CT molecular complexity index is 334. The van der Waals surface area contributed by atoms with Crippen LogP contribution in [-0.2, 0) is 4.74 Å². The fourth-order valence-electron chi connectivity index (χ4n) is 1.63. The number of aromatic hydroxyl groups is 1. The van der Waals surface area contributed by atoms with E-state index < -0.39 is 0 Å². The zero-order chi connectivity index (χ0) is 12.1. The van der Waals surface area contributed by atoms with Crippen LogP contribution in [0.1, 0.15) is 38.9 Å². The molecule has 1 rings (SSSR count). The molecular weight excluding hydrogens is 204 g/mol. The molecule has 0 saturated heterocycles. The van der Waals surface area contributed by atoms with Crippen molar-refractivity contribution in [2.24, 2.45) is 0 Å². The van der Waals surface area contributed by atoms with E-state index in [2.05, 4.69) is 6.92 Å². The highest BCUT2D eigenvalue weighted by Crippen LogP contribution is 2.31. The summed E-state index contributed by atoms with van der Waals surface area (Å²) >= 11 is 0. The van der Waals surface area contributed by atoms with Crippen molar-refractivity contribution in [3.63, 3.8) is 0 Å². The largest absolute Gasteiger partial charge is 0.504 e. The van der Waals surface area contributed by atoms with Crippen LogP contribution in [0.2, 0.25) is 0 Å². The van der Waals surface area contributed by atoms with Crippen molar-refractivity contribution >= 4 is 0 Å². The van der Waals surface area contributed by atoms with Crippen molar-refractivity contribution in [3.05, 3.63) is 23.8 Å². The maximum atomic E-state index is 9.51. The fourth-order valence-corrected chi connectivity index (χ4v) is 1.63. The predicted octanol–water partition coefficient (Wildman–Crippen LogP) is 3.28. The zero-order valence-electron chi connectivity index (χ0n) is 10.4. The van der Waals surface area contributed by atoms with E-state index in [0.717, 1.165) is 12.0 Å². The summed E-state index contributed by atoms with van der Waals surface area (Å²) in [5, 5.41) is 9.51. The second-order valence-electron chi connectivity index (χ2n) is 4.01. The van der Waals surface area contributed by atoms with Gasteiger partial charge in [0.1, 0.15) is 0 Å². The third-order valence-corrected chi connectivity index (χ3v) is 2.38. The minimum atomic E-state index is 0.0505. The second-order valence-corrected chi connectivity index (χ2v) is 4.01. The Morgan fingerprint density at radius 3 is 2.50 bits per heavy atom. The van der Waals surface area contributed by atoms with E-state index in [1.54, 1.807) is 13.2 Å². The Balaban J connectivity index is 2.92. The number of phenols is 1. The summed E-state index contributed by atoms with van der Waals surface area (Å²) in [6.45, 7) is 6.10. The molecule has 16 heavy (non-hydrogen) atoms. The molecule has 0 aliphatic rings. The number of rotatable bonds is 5. The summed E-state index contributed by atoms with van der Waals surface area (Å²) in [4.78, 5) is 0. The molecule has 3 nitrogen and oxygen atoms in total. The Morgan fingerprint density at radius 2 is 2.00 bits per heavy atom. The lowest BCUT2D eigenvalue weighted by molar-refractivity contribution is 0.00436. The second kappa shape index (κ2) is 5.75. The van der Waals surface area contributed by atoms with Gasteiger partial charge in [0.2, 0.25) is 0 Å². The minimum Gasteiger partial charge on any atom is -0.504 e. The summed E-state index contributed by atoms with van der Waals surface area (Å²) < 4.78 is 10.9. The smallest absolute Gasteiger partial charge is 0.160 e. The average molecular weight is 224 g/mol. The van der Waals surface area contributed by atoms with Crippen LogP contribution in [0, 0.1) is 0 Å². The van der Waals surface area contributed by atoms with Gasteiger partial charge in [-0.15, -0.1) is 0 Å². The molecule has 0 aliphatic carbocycles. The monoisotopic (exact) mass is 224 g/mol. The lowest BCUT2D eigenvalue weighted by Crippen LogP contribution is -2.09. The standard InChI is InChI=1S/C13H20O3/c1-5-12(16-9(2)3)10-6-7-11(14)13(8-10)15-4/h6-9,12,14H,5H2,1-4H3. The fraction of sp³-hybridized carbons (Fsp3) is 0.538. The van der Waals surface area contributed by atoms with Gasteiger partial charge in [0.05, 0.1) is 19.3 Å². The Labute approximate surface area is 97.0 Å². The van der Waals surface area contributed by atoms with Crippen molar-refractivity contribution in [2.45, 2.75) is 39.4 Å². The molecule has 1 N–H and O–H groups in total. The van der Waals surface area contributed by atoms with Gasteiger partial charge in [-0.1, -0.05) is 13.0 Å². The normalized spacial score (nSPS) is 12.8. The molecule has 1 atom stereocenters. The van der Waals surface area contributed by atoms with Gasteiger partial charge in [-0.3, -0.25) is 0 Å². The van der Waals surface area contributed by atoms with E-state index in [4.69, 9.17) is 9.47 Å². The molecular formula is C13H20O3. The highest BCUT2D eigenvalue weighted by Gasteiger charge is 2.13. The highest BCUT2D eigenvalue weighted by molar-refractivity contribution is 5.42. The molecule has 1 aromatic rings. The van der Waals surface area contributed by atoms with Gasteiger partial charge in [-0.25, -0.2) is 0 Å². The van der Waals surface area contributed by atoms with Crippen LogP contribution in [-0.4, -0.2) is 18.3 Å². The van der Waals surface area contributed by atoms with Gasteiger partial charge in [0, 0.05) is 0 Å². The third-order valence-electron chi connectivity index (χ3n) is 2.38. The topological polar surface area (TPSA) is 38.7 Å². The van der Waals surface area contributed by atoms with Gasteiger partial charge >= 0.3 is 0 Å². The summed E-state index contributed by atoms with van der Waals surface area (Å²) in [7, 11) is 1.54. The predicted molar refractivity (Wildman–Crippen MR) is 63.9 cm³/mol. The van der Waals surface area contributed by atoms with Gasteiger partial charge in [0.15, 0.2) is 11.5 Å². The van der Waals surface area contributed by atoms with Crippen molar-refractivity contribution in [1.82, 2.24) is 0 Å². The first-order valence-corrected chi connectivity index (χ1v) is 5.60. The SMILES string of the molecule is CCC(OC(C)C)c1ccc(O)c(OC)c1. The van der Waals surface area contributed by atoms with Crippen LogP contribution in [0.3, 0.4) is 0 Å². The lowest BCUT2D eigenvalue weighted by Gasteiger charge is -2.20. The van der Waals surface area contributed by atoms with Crippen molar-refractivity contribution in [1.29, 1.82) is 0 Å². The number of phenolic OH excluding ortho intramolecular Hbond substituents is 1. The summed E-state index contributed by atoms with van der Waals surface area (Å²) in [5.41, 5.74) is 1.03. The average Bonchev–Trinajstić information content (AvgIpc) is 2.26. The Morgan fingerprint density at radius 1 is 1.31 bits per heavy atom. The molecule has 0 heterocycles. The summed E-state index contributed by atoms with van der Waals surface area (Å²) in [5.74, 6) is 0.647. The van der Waals surface area contributed by atoms with E-state index >= 15 is 0 Å². The van der Waals surface area contributed by atoms with E-state index in [0.29, 0.717) is 5.75 Å². The first-order valence-electron chi connectivity index (χ1n) is 5.60. The minimum absolute atomic E-state index is 0.0505. The first-order chi connectivity index (χ1) is 7.58. The van der Waals surface area contributed by atoms with Crippen LogP contribution in [0.25, 0.3) is 0 Å². The molecule has 1 unspecified atom stereocenters. The van der Waals surface area contributed by atoms with Crippen LogP contribution in [0.5, 0.6) is 11.5 Å². The van der Waals surface area contributed by atoms with E-state index in [-0.39, 0.29) is 18.0 Å². The van der Waals surface area contributed by atoms with Crippen molar-refractivity contribution < 1.29 is 14.6 Å². The molecule has 0 saturated carbocycles. The maximum absolute atomic E-state index is 9.51. The molecule has 3 heteroatoms. The maximum Gasteiger partial charge on any atom is 0.160 e. The molecule has 1 aromatic carbocycles. The van der Waals surface area contributed by atoms with Crippen molar-refractivity contribution in [2.75, 3.05) is 7.11 Å². The number of hydrogen-bond acceptors (Lipinski definition) is 3. The molecule has 0 radical (unpaired) electrons. The quantitative estimate of drug-likeness (QED) is 0.834. The van der Waals surface area contributed by atoms with E-state index in [1.807, 2.05) is 26.0 Å². The molecule has 0 fully saturated rings. The molecule has 0 aromatic heterocycles. The Hall–Kier alpha value is -1.22. The van der Waals surface area contributed by atoms with Crippen LogP contribution < -0.4 is 4.74 Å². The van der Waals surface area contributed by atoms with Gasteiger partial charge in [-0.2, -0.15) is 0 Å². The molecule has 90 valence electrons.